The number of amides is 1. The lowest BCUT2D eigenvalue weighted by Gasteiger charge is -2.29. The first kappa shape index (κ1) is 12.5. The van der Waals surface area contributed by atoms with Gasteiger partial charge in [-0.25, -0.2) is 0 Å². The minimum atomic E-state index is -0.0261. The molecule has 0 aromatic carbocycles. The van der Waals surface area contributed by atoms with Gasteiger partial charge in [-0.05, 0) is 47.8 Å². The number of carbonyl (C=O) groups excluding carboxylic acids is 1. The summed E-state index contributed by atoms with van der Waals surface area (Å²) in [5.74, 6) is 0.230. The van der Waals surface area contributed by atoms with Gasteiger partial charge in [-0.15, -0.1) is 0 Å². The van der Waals surface area contributed by atoms with Crippen LogP contribution in [0.15, 0.2) is 0 Å². The minimum Gasteiger partial charge on any atom is -0.323 e. The highest BCUT2D eigenvalue weighted by Gasteiger charge is 2.35. The molecule has 4 heteroatoms. The zero-order chi connectivity index (χ0) is 11.6. The molecule has 1 rings (SSSR count). The van der Waals surface area contributed by atoms with Crippen molar-refractivity contribution in [3.05, 3.63) is 0 Å². The zero-order valence-electron chi connectivity index (χ0n) is 10.4. The predicted octanol–water partition coefficient (Wildman–Crippen LogP) is 0.493. The van der Waals surface area contributed by atoms with Gasteiger partial charge in [0, 0.05) is 6.04 Å². The minimum absolute atomic E-state index is 0.0261. The molecule has 1 amide bonds. The molecule has 1 heterocycles. The average molecular weight is 213 g/mol. The maximum atomic E-state index is 11.9. The number of carbonyl (C=O) groups is 1. The summed E-state index contributed by atoms with van der Waals surface area (Å²) >= 11 is 0. The fraction of sp³-hybridized carbons (Fsp3) is 0.909. The van der Waals surface area contributed by atoms with E-state index in [1.165, 1.54) is 0 Å². The van der Waals surface area contributed by atoms with E-state index in [-0.39, 0.29) is 18.1 Å². The van der Waals surface area contributed by atoms with Crippen LogP contribution in [0.3, 0.4) is 0 Å². The monoisotopic (exact) mass is 213 g/mol. The van der Waals surface area contributed by atoms with Crippen molar-refractivity contribution < 1.29 is 4.79 Å². The molecule has 0 aromatic heterocycles. The van der Waals surface area contributed by atoms with E-state index in [1.807, 2.05) is 18.7 Å². The Hall–Kier alpha value is -0.610. The van der Waals surface area contributed by atoms with Crippen LogP contribution in [0.25, 0.3) is 0 Å². The van der Waals surface area contributed by atoms with Gasteiger partial charge in [-0.1, -0.05) is 0 Å². The summed E-state index contributed by atoms with van der Waals surface area (Å²) in [6.45, 7) is 7.12. The van der Waals surface area contributed by atoms with Gasteiger partial charge in [0.05, 0.1) is 12.2 Å². The molecule has 1 aliphatic heterocycles. The van der Waals surface area contributed by atoms with E-state index < -0.39 is 0 Å². The highest BCUT2D eigenvalue weighted by Crippen LogP contribution is 2.16. The SMILES string of the molecule is CC1NC(C)N(C(C)CCN(C)C)C1=O. The van der Waals surface area contributed by atoms with Crippen LogP contribution >= 0.6 is 0 Å². The Bertz CT molecular complexity index is 230. The zero-order valence-corrected chi connectivity index (χ0v) is 10.4. The standard InChI is InChI=1S/C11H23N3O/c1-8(6-7-13(4)5)14-10(3)12-9(2)11(14)15/h8-10,12H,6-7H2,1-5H3. The van der Waals surface area contributed by atoms with E-state index in [4.69, 9.17) is 0 Å². The molecule has 1 saturated heterocycles. The lowest BCUT2D eigenvalue weighted by molar-refractivity contribution is -0.131. The first-order valence-electron chi connectivity index (χ1n) is 5.66. The van der Waals surface area contributed by atoms with Crippen molar-refractivity contribution in [3.63, 3.8) is 0 Å². The summed E-state index contributed by atoms with van der Waals surface area (Å²) in [5, 5.41) is 3.25. The summed E-state index contributed by atoms with van der Waals surface area (Å²) in [5.41, 5.74) is 0. The summed E-state index contributed by atoms with van der Waals surface area (Å²) in [7, 11) is 4.12. The van der Waals surface area contributed by atoms with Crippen molar-refractivity contribution in [3.8, 4) is 0 Å². The number of rotatable bonds is 4. The van der Waals surface area contributed by atoms with Crippen LogP contribution in [0.5, 0.6) is 0 Å². The fourth-order valence-corrected chi connectivity index (χ4v) is 2.11. The van der Waals surface area contributed by atoms with E-state index >= 15 is 0 Å². The summed E-state index contributed by atoms with van der Waals surface area (Å²) in [6, 6.07) is 0.286. The maximum absolute atomic E-state index is 11.9. The molecule has 3 unspecified atom stereocenters. The molecule has 0 bridgehead atoms. The summed E-state index contributed by atoms with van der Waals surface area (Å²) < 4.78 is 0. The molecule has 0 aliphatic carbocycles. The predicted molar refractivity (Wildman–Crippen MR) is 61.5 cm³/mol. The Balaban J connectivity index is 2.51. The van der Waals surface area contributed by atoms with E-state index in [2.05, 4.69) is 31.2 Å². The van der Waals surface area contributed by atoms with Crippen molar-refractivity contribution in [2.45, 2.75) is 45.4 Å². The van der Waals surface area contributed by atoms with Crippen LogP contribution in [0.2, 0.25) is 0 Å². The van der Waals surface area contributed by atoms with Crippen LogP contribution in [0, 0.1) is 0 Å². The number of hydrogen-bond acceptors (Lipinski definition) is 3. The topological polar surface area (TPSA) is 35.6 Å². The van der Waals surface area contributed by atoms with Gasteiger partial charge in [0.25, 0.3) is 0 Å². The lowest BCUT2D eigenvalue weighted by atomic mass is 10.2. The number of nitrogens with zero attached hydrogens (tertiary/aromatic N) is 2. The van der Waals surface area contributed by atoms with Gasteiger partial charge < -0.3 is 9.80 Å². The van der Waals surface area contributed by atoms with Crippen molar-refractivity contribution in [2.75, 3.05) is 20.6 Å². The Morgan fingerprint density at radius 2 is 2.07 bits per heavy atom. The molecule has 1 aliphatic rings. The van der Waals surface area contributed by atoms with Crippen molar-refractivity contribution in [2.24, 2.45) is 0 Å². The van der Waals surface area contributed by atoms with Crippen LogP contribution in [-0.2, 0) is 4.79 Å². The van der Waals surface area contributed by atoms with Gasteiger partial charge in [0.1, 0.15) is 0 Å². The van der Waals surface area contributed by atoms with Gasteiger partial charge in [-0.2, -0.15) is 0 Å². The Kier molecular flexibility index (Phi) is 4.11. The van der Waals surface area contributed by atoms with E-state index in [0.29, 0.717) is 6.04 Å². The summed E-state index contributed by atoms with van der Waals surface area (Å²) in [4.78, 5) is 16.0. The molecule has 88 valence electrons. The van der Waals surface area contributed by atoms with Gasteiger partial charge in [-0.3, -0.25) is 10.1 Å². The van der Waals surface area contributed by atoms with Crippen molar-refractivity contribution >= 4 is 5.91 Å². The number of nitrogens with one attached hydrogen (secondary N) is 1. The largest absolute Gasteiger partial charge is 0.323 e. The molecule has 15 heavy (non-hydrogen) atoms. The summed E-state index contributed by atoms with van der Waals surface area (Å²) in [6.07, 6.45) is 1.20. The molecule has 0 spiro atoms. The highest BCUT2D eigenvalue weighted by molar-refractivity contribution is 5.84. The Morgan fingerprint density at radius 3 is 2.47 bits per heavy atom. The Morgan fingerprint density at radius 1 is 1.47 bits per heavy atom. The molecule has 1 fully saturated rings. The second-order valence-corrected chi connectivity index (χ2v) is 4.75. The smallest absolute Gasteiger partial charge is 0.240 e. The number of hydrogen-bond donors (Lipinski definition) is 1. The van der Waals surface area contributed by atoms with Crippen LogP contribution in [0.1, 0.15) is 27.2 Å². The molecule has 1 N–H and O–H groups in total. The quantitative estimate of drug-likeness (QED) is 0.738. The van der Waals surface area contributed by atoms with Gasteiger partial charge >= 0.3 is 0 Å². The molecule has 4 nitrogen and oxygen atoms in total. The van der Waals surface area contributed by atoms with E-state index in [9.17, 15) is 4.79 Å². The van der Waals surface area contributed by atoms with Crippen LogP contribution in [-0.4, -0.2) is 54.6 Å². The second-order valence-electron chi connectivity index (χ2n) is 4.75. The van der Waals surface area contributed by atoms with E-state index in [0.717, 1.165) is 13.0 Å². The third kappa shape index (κ3) is 2.92. The molecule has 0 radical (unpaired) electrons. The van der Waals surface area contributed by atoms with Crippen molar-refractivity contribution in [1.29, 1.82) is 0 Å². The lowest BCUT2D eigenvalue weighted by Crippen LogP contribution is -2.42. The fourth-order valence-electron chi connectivity index (χ4n) is 2.11. The van der Waals surface area contributed by atoms with Crippen LogP contribution < -0.4 is 5.32 Å². The molecule has 0 saturated carbocycles. The molecular formula is C11H23N3O. The average Bonchev–Trinajstić information content (AvgIpc) is 2.37. The highest BCUT2D eigenvalue weighted by atomic mass is 16.2. The maximum Gasteiger partial charge on any atom is 0.240 e. The molecular weight excluding hydrogens is 190 g/mol. The first-order chi connectivity index (χ1) is 6.93. The normalized spacial score (nSPS) is 28.9. The third-order valence-electron chi connectivity index (χ3n) is 3.00. The third-order valence-corrected chi connectivity index (χ3v) is 3.00. The first-order valence-corrected chi connectivity index (χ1v) is 5.66. The van der Waals surface area contributed by atoms with Gasteiger partial charge in [0.15, 0.2) is 0 Å². The van der Waals surface area contributed by atoms with Crippen molar-refractivity contribution in [1.82, 2.24) is 15.1 Å². The van der Waals surface area contributed by atoms with Crippen LogP contribution in [0.4, 0.5) is 0 Å². The van der Waals surface area contributed by atoms with E-state index in [1.54, 1.807) is 0 Å². The Labute approximate surface area is 92.6 Å². The molecule has 3 atom stereocenters. The van der Waals surface area contributed by atoms with Gasteiger partial charge in [0.2, 0.25) is 5.91 Å². The second kappa shape index (κ2) is 4.94. The molecule has 0 aromatic rings.